The van der Waals surface area contributed by atoms with E-state index < -0.39 is 0 Å². The number of hydrogen-bond donors (Lipinski definition) is 0. The Hall–Kier alpha value is -3.64. The number of unbranched alkanes of at least 4 members (excludes halogenated alkanes) is 1. The summed E-state index contributed by atoms with van der Waals surface area (Å²) in [6.07, 6.45) is 4.59. The molecule has 0 heterocycles. The van der Waals surface area contributed by atoms with E-state index in [-0.39, 0.29) is 0 Å². The fourth-order valence-electron chi connectivity index (χ4n) is 4.75. The second-order valence-electron chi connectivity index (χ2n) is 8.42. The highest BCUT2D eigenvalue weighted by molar-refractivity contribution is 5.86. The lowest BCUT2D eigenvalue weighted by atomic mass is 9.88. The SMILES string of the molecule is c1ccc(-c2cccc(CCCCc3cccc4ccccc34)c2-c2ccccc2)cc1. The van der Waals surface area contributed by atoms with Gasteiger partial charge in [0.2, 0.25) is 0 Å². The Morgan fingerprint density at radius 3 is 1.75 bits per heavy atom. The molecule has 0 saturated heterocycles. The number of hydrogen-bond acceptors (Lipinski definition) is 0. The number of fused-ring (bicyclic) bond motifs is 1. The van der Waals surface area contributed by atoms with Gasteiger partial charge in [0.05, 0.1) is 0 Å². The highest BCUT2D eigenvalue weighted by Gasteiger charge is 2.12. The van der Waals surface area contributed by atoms with Gasteiger partial charge in [-0.1, -0.05) is 121 Å². The minimum Gasteiger partial charge on any atom is -0.0622 e. The molecule has 0 saturated carbocycles. The molecule has 0 aliphatic heterocycles. The molecular formula is C32H28. The van der Waals surface area contributed by atoms with Crippen LogP contribution in [0.2, 0.25) is 0 Å². The van der Waals surface area contributed by atoms with Gasteiger partial charge in [-0.25, -0.2) is 0 Å². The molecule has 5 aromatic rings. The van der Waals surface area contributed by atoms with E-state index >= 15 is 0 Å². The van der Waals surface area contributed by atoms with Gasteiger partial charge < -0.3 is 0 Å². The first-order valence-corrected chi connectivity index (χ1v) is 11.6. The van der Waals surface area contributed by atoms with Gasteiger partial charge in [0.15, 0.2) is 0 Å². The zero-order chi connectivity index (χ0) is 21.6. The molecule has 0 atom stereocenters. The molecule has 0 aliphatic rings. The van der Waals surface area contributed by atoms with Gasteiger partial charge in [0.25, 0.3) is 0 Å². The van der Waals surface area contributed by atoms with E-state index in [0.29, 0.717) is 0 Å². The van der Waals surface area contributed by atoms with Crippen LogP contribution >= 0.6 is 0 Å². The zero-order valence-corrected chi connectivity index (χ0v) is 18.4. The van der Waals surface area contributed by atoms with Crippen molar-refractivity contribution in [2.24, 2.45) is 0 Å². The molecule has 0 aliphatic carbocycles. The van der Waals surface area contributed by atoms with Crippen LogP contribution in [0.1, 0.15) is 24.0 Å². The van der Waals surface area contributed by atoms with Crippen LogP contribution in [-0.4, -0.2) is 0 Å². The second-order valence-corrected chi connectivity index (χ2v) is 8.42. The van der Waals surface area contributed by atoms with Crippen molar-refractivity contribution in [3.05, 3.63) is 132 Å². The third-order valence-electron chi connectivity index (χ3n) is 6.32. The van der Waals surface area contributed by atoms with Crippen LogP contribution in [0.5, 0.6) is 0 Å². The van der Waals surface area contributed by atoms with Gasteiger partial charge in [0.1, 0.15) is 0 Å². The van der Waals surface area contributed by atoms with Crippen LogP contribution in [0, 0.1) is 0 Å². The molecular weight excluding hydrogens is 384 g/mol. The molecule has 0 amide bonds. The van der Waals surface area contributed by atoms with E-state index in [1.807, 2.05) is 0 Å². The molecule has 5 rings (SSSR count). The quantitative estimate of drug-likeness (QED) is 0.234. The van der Waals surface area contributed by atoms with Gasteiger partial charge >= 0.3 is 0 Å². The van der Waals surface area contributed by atoms with Crippen LogP contribution in [0.3, 0.4) is 0 Å². The van der Waals surface area contributed by atoms with Crippen molar-refractivity contribution in [3.8, 4) is 22.3 Å². The Morgan fingerprint density at radius 2 is 0.969 bits per heavy atom. The van der Waals surface area contributed by atoms with Crippen molar-refractivity contribution < 1.29 is 0 Å². The van der Waals surface area contributed by atoms with E-state index in [4.69, 9.17) is 0 Å². The summed E-state index contributed by atoms with van der Waals surface area (Å²) in [5, 5.41) is 2.73. The Kier molecular flexibility index (Phi) is 6.12. The topological polar surface area (TPSA) is 0 Å². The lowest BCUT2D eigenvalue weighted by Gasteiger charge is -2.16. The molecule has 0 nitrogen and oxygen atoms in total. The average molecular weight is 413 g/mol. The first-order valence-electron chi connectivity index (χ1n) is 11.6. The maximum atomic E-state index is 2.31. The first kappa shape index (κ1) is 20.3. The molecule has 0 spiro atoms. The maximum absolute atomic E-state index is 2.31. The Balaban J connectivity index is 1.39. The Labute approximate surface area is 191 Å². The third-order valence-corrected chi connectivity index (χ3v) is 6.32. The fraction of sp³-hybridized carbons (Fsp3) is 0.125. The molecule has 156 valence electrons. The van der Waals surface area contributed by atoms with Crippen molar-refractivity contribution in [1.82, 2.24) is 0 Å². The molecule has 5 aromatic carbocycles. The van der Waals surface area contributed by atoms with Crippen molar-refractivity contribution in [1.29, 1.82) is 0 Å². The zero-order valence-electron chi connectivity index (χ0n) is 18.4. The van der Waals surface area contributed by atoms with E-state index in [9.17, 15) is 0 Å². The maximum Gasteiger partial charge on any atom is -0.00733 e. The summed E-state index contributed by atoms with van der Waals surface area (Å²) in [7, 11) is 0. The second kappa shape index (κ2) is 9.66. The van der Waals surface area contributed by atoms with Crippen molar-refractivity contribution in [2.75, 3.05) is 0 Å². The molecule has 0 N–H and O–H groups in total. The number of benzene rings is 5. The Morgan fingerprint density at radius 1 is 0.406 bits per heavy atom. The van der Waals surface area contributed by atoms with Gasteiger partial charge in [-0.2, -0.15) is 0 Å². The van der Waals surface area contributed by atoms with Crippen molar-refractivity contribution in [2.45, 2.75) is 25.7 Å². The number of aryl methyl sites for hydroxylation is 2. The largest absolute Gasteiger partial charge is 0.0622 e. The standard InChI is InChI=1S/C32H28/c1-3-13-27(14-4-1)31-24-12-22-29(32(31)28-17-5-2-6-18-28)19-8-7-15-25-20-11-21-26-16-9-10-23-30(25)26/h1-6,9-14,16-18,20-24H,7-8,15,19H2. The molecule has 0 radical (unpaired) electrons. The van der Waals surface area contributed by atoms with Crippen molar-refractivity contribution in [3.63, 3.8) is 0 Å². The first-order chi connectivity index (χ1) is 15.9. The lowest BCUT2D eigenvalue weighted by Crippen LogP contribution is -1.95. The Bertz CT molecular complexity index is 1290. The number of rotatable bonds is 7. The summed E-state index contributed by atoms with van der Waals surface area (Å²) in [4.78, 5) is 0. The minimum atomic E-state index is 1.09. The molecule has 0 bridgehead atoms. The monoisotopic (exact) mass is 412 g/mol. The van der Waals surface area contributed by atoms with Crippen LogP contribution in [0.15, 0.2) is 121 Å². The van der Waals surface area contributed by atoms with Crippen molar-refractivity contribution >= 4 is 10.8 Å². The highest BCUT2D eigenvalue weighted by Crippen LogP contribution is 2.35. The smallest absolute Gasteiger partial charge is 0.00733 e. The van der Waals surface area contributed by atoms with Crippen LogP contribution in [0.4, 0.5) is 0 Å². The van der Waals surface area contributed by atoms with Crippen LogP contribution < -0.4 is 0 Å². The molecule has 0 heteroatoms. The van der Waals surface area contributed by atoms with Gasteiger partial charge in [-0.3, -0.25) is 0 Å². The molecule has 0 fully saturated rings. The highest BCUT2D eigenvalue weighted by atomic mass is 14.2. The summed E-state index contributed by atoms with van der Waals surface area (Å²) in [6, 6.07) is 43.8. The average Bonchev–Trinajstić information content (AvgIpc) is 2.87. The van der Waals surface area contributed by atoms with Gasteiger partial charge in [-0.05, 0) is 69.8 Å². The van der Waals surface area contributed by atoms with Gasteiger partial charge in [0, 0.05) is 0 Å². The molecule has 0 aromatic heterocycles. The summed E-state index contributed by atoms with van der Waals surface area (Å²) in [5.41, 5.74) is 8.19. The van der Waals surface area contributed by atoms with Gasteiger partial charge in [-0.15, -0.1) is 0 Å². The lowest BCUT2D eigenvalue weighted by molar-refractivity contribution is 0.738. The molecule has 32 heavy (non-hydrogen) atoms. The summed E-state index contributed by atoms with van der Waals surface area (Å²) >= 11 is 0. The minimum absolute atomic E-state index is 1.09. The van der Waals surface area contributed by atoms with E-state index in [0.717, 1.165) is 12.8 Å². The summed E-state index contributed by atoms with van der Waals surface area (Å²) in [5.74, 6) is 0. The normalized spacial score (nSPS) is 11.0. The van der Waals surface area contributed by atoms with Crippen LogP contribution in [0.25, 0.3) is 33.0 Å². The van der Waals surface area contributed by atoms with Crippen LogP contribution in [-0.2, 0) is 12.8 Å². The predicted molar refractivity (Wildman–Crippen MR) is 138 cm³/mol. The summed E-state index contributed by atoms with van der Waals surface area (Å²) in [6.45, 7) is 0. The van der Waals surface area contributed by atoms with E-state index in [1.54, 1.807) is 0 Å². The third kappa shape index (κ3) is 4.36. The predicted octanol–water partition coefficient (Wildman–Crippen LogP) is 8.74. The van der Waals surface area contributed by atoms with E-state index in [1.165, 1.54) is 57.0 Å². The van der Waals surface area contributed by atoms with E-state index in [2.05, 4.69) is 121 Å². The molecule has 0 unspecified atom stereocenters. The summed E-state index contributed by atoms with van der Waals surface area (Å²) < 4.78 is 0. The fourth-order valence-corrected chi connectivity index (χ4v) is 4.75.